The Bertz CT molecular complexity index is 303. The normalized spacial score (nSPS) is 23.2. The molecule has 0 aromatic rings. The lowest BCUT2D eigenvalue weighted by Gasteiger charge is -2.34. The second-order valence-electron chi connectivity index (χ2n) is 5.81. The summed E-state index contributed by atoms with van der Waals surface area (Å²) in [4.78, 5) is 11.3. The number of carbonyl (C=O) groups excluding carboxylic acids is 1. The van der Waals surface area contributed by atoms with Crippen LogP contribution in [0.15, 0.2) is 23.8 Å². The SMILES string of the molecule is CC(C)=CCCCC1C=CC(=O)CC1(C)C. The molecule has 0 spiro atoms. The summed E-state index contributed by atoms with van der Waals surface area (Å²) >= 11 is 0. The molecular formula is C15H24O. The van der Waals surface area contributed by atoms with Gasteiger partial charge in [-0.25, -0.2) is 0 Å². The van der Waals surface area contributed by atoms with E-state index in [0.29, 0.717) is 12.3 Å². The molecule has 0 radical (unpaired) electrons. The molecule has 0 amide bonds. The van der Waals surface area contributed by atoms with E-state index in [1.165, 1.54) is 18.4 Å². The second-order valence-corrected chi connectivity index (χ2v) is 5.81. The summed E-state index contributed by atoms with van der Waals surface area (Å²) in [5.74, 6) is 0.848. The molecule has 0 N–H and O–H groups in total. The number of allylic oxidation sites excluding steroid dienone is 4. The van der Waals surface area contributed by atoms with Gasteiger partial charge in [0.1, 0.15) is 0 Å². The maximum Gasteiger partial charge on any atom is 0.155 e. The van der Waals surface area contributed by atoms with Crippen molar-refractivity contribution in [3.63, 3.8) is 0 Å². The number of carbonyl (C=O) groups is 1. The van der Waals surface area contributed by atoms with E-state index in [2.05, 4.69) is 39.8 Å². The smallest absolute Gasteiger partial charge is 0.155 e. The van der Waals surface area contributed by atoms with Crippen LogP contribution in [-0.4, -0.2) is 5.78 Å². The number of unbranched alkanes of at least 4 members (excludes halogenated alkanes) is 1. The number of rotatable bonds is 4. The quantitative estimate of drug-likeness (QED) is 0.510. The van der Waals surface area contributed by atoms with Crippen molar-refractivity contribution in [3.05, 3.63) is 23.8 Å². The van der Waals surface area contributed by atoms with E-state index in [4.69, 9.17) is 0 Å². The standard InChI is InChI=1S/C15H24O/c1-12(2)7-5-6-8-13-9-10-14(16)11-15(13,3)4/h7,9-10,13H,5-6,8,11H2,1-4H3. The molecule has 0 bridgehead atoms. The lowest BCUT2D eigenvalue weighted by molar-refractivity contribution is -0.117. The van der Waals surface area contributed by atoms with Crippen molar-refractivity contribution in [3.8, 4) is 0 Å². The van der Waals surface area contributed by atoms with Gasteiger partial charge in [-0.05, 0) is 50.5 Å². The molecule has 0 aromatic heterocycles. The summed E-state index contributed by atoms with van der Waals surface area (Å²) in [5.41, 5.74) is 1.55. The summed E-state index contributed by atoms with van der Waals surface area (Å²) < 4.78 is 0. The number of hydrogen-bond acceptors (Lipinski definition) is 1. The van der Waals surface area contributed by atoms with Crippen molar-refractivity contribution in [1.29, 1.82) is 0 Å². The Morgan fingerprint density at radius 1 is 1.50 bits per heavy atom. The van der Waals surface area contributed by atoms with E-state index in [1.807, 2.05) is 0 Å². The largest absolute Gasteiger partial charge is 0.295 e. The van der Waals surface area contributed by atoms with Crippen molar-refractivity contribution in [2.75, 3.05) is 0 Å². The van der Waals surface area contributed by atoms with Gasteiger partial charge in [-0.2, -0.15) is 0 Å². The molecule has 0 fully saturated rings. The Balaban J connectivity index is 2.44. The lowest BCUT2D eigenvalue weighted by Crippen LogP contribution is -2.28. The molecule has 1 nitrogen and oxygen atoms in total. The first-order chi connectivity index (χ1) is 7.42. The third-order valence-corrected chi connectivity index (χ3v) is 3.42. The van der Waals surface area contributed by atoms with E-state index >= 15 is 0 Å². The van der Waals surface area contributed by atoms with Crippen molar-refractivity contribution >= 4 is 5.78 Å². The van der Waals surface area contributed by atoms with Gasteiger partial charge in [0.2, 0.25) is 0 Å². The van der Waals surface area contributed by atoms with Crippen molar-refractivity contribution < 1.29 is 4.79 Å². The van der Waals surface area contributed by atoms with Crippen LogP contribution in [0, 0.1) is 11.3 Å². The van der Waals surface area contributed by atoms with Gasteiger partial charge in [0.05, 0.1) is 0 Å². The number of ketones is 1. The van der Waals surface area contributed by atoms with E-state index in [1.54, 1.807) is 6.08 Å². The lowest BCUT2D eigenvalue weighted by atomic mass is 9.70. The van der Waals surface area contributed by atoms with Crippen LogP contribution in [-0.2, 0) is 4.79 Å². The summed E-state index contributed by atoms with van der Waals surface area (Å²) in [5, 5.41) is 0. The van der Waals surface area contributed by atoms with Gasteiger partial charge >= 0.3 is 0 Å². The molecule has 0 aromatic carbocycles. The van der Waals surface area contributed by atoms with Gasteiger partial charge < -0.3 is 0 Å². The Hall–Kier alpha value is -0.850. The molecule has 0 saturated heterocycles. The Kier molecular flexibility index (Phi) is 4.52. The number of hydrogen-bond donors (Lipinski definition) is 0. The maximum atomic E-state index is 11.3. The van der Waals surface area contributed by atoms with E-state index in [9.17, 15) is 4.79 Å². The third-order valence-electron chi connectivity index (χ3n) is 3.42. The fraction of sp³-hybridized carbons (Fsp3) is 0.667. The highest BCUT2D eigenvalue weighted by molar-refractivity contribution is 5.91. The van der Waals surface area contributed by atoms with Gasteiger partial charge in [-0.15, -0.1) is 0 Å². The zero-order valence-electron chi connectivity index (χ0n) is 11.0. The van der Waals surface area contributed by atoms with Crippen LogP contribution in [0.5, 0.6) is 0 Å². The molecule has 1 rings (SSSR count). The fourth-order valence-corrected chi connectivity index (χ4v) is 2.34. The first-order valence-electron chi connectivity index (χ1n) is 6.26. The minimum Gasteiger partial charge on any atom is -0.295 e. The van der Waals surface area contributed by atoms with Crippen LogP contribution >= 0.6 is 0 Å². The zero-order chi connectivity index (χ0) is 12.2. The molecule has 1 heteroatoms. The zero-order valence-corrected chi connectivity index (χ0v) is 11.0. The molecule has 90 valence electrons. The molecule has 1 aliphatic carbocycles. The van der Waals surface area contributed by atoms with Crippen molar-refractivity contribution in [1.82, 2.24) is 0 Å². The first-order valence-corrected chi connectivity index (χ1v) is 6.26. The van der Waals surface area contributed by atoms with Crippen LogP contribution in [0.2, 0.25) is 0 Å². The van der Waals surface area contributed by atoms with Gasteiger partial charge in [0, 0.05) is 6.42 Å². The third kappa shape index (κ3) is 3.96. The molecular weight excluding hydrogens is 196 g/mol. The molecule has 0 heterocycles. The highest BCUT2D eigenvalue weighted by Crippen LogP contribution is 2.38. The minimum atomic E-state index is 0.150. The Morgan fingerprint density at radius 3 is 2.75 bits per heavy atom. The highest BCUT2D eigenvalue weighted by atomic mass is 16.1. The average Bonchev–Trinajstić information content (AvgIpc) is 2.13. The first kappa shape index (κ1) is 13.2. The van der Waals surface area contributed by atoms with E-state index < -0.39 is 0 Å². The molecule has 0 saturated carbocycles. The topological polar surface area (TPSA) is 17.1 Å². The van der Waals surface area contributed by atoms with Crippen LogP contribution in [0.4, 0.5) is 0 Å². The molecule has 1 aliphatic rings. The predicted molar refractivity (Wildman–Crippen MR) is 69.3 cm³/mol. The van der Waals surface area contributed by atoms with Crippen LogP contribution < -0.4 is 0 Å². The van der Waals surface area contributed by atoms with Crippen molar-refractivity contribution in [2.45, 2.75) is 53.4 Å². The molecule has 1 atom stereocenters. The van der Waals surface area contributed by atoms with E-state index in [-0.39, 0.29) is 11.2 Å². The second kappa shape index (κ2) is 5.47. The van der Waals surface area contributed by atoms with Gasteiger partial charge in [-0.1, -0.05) is 31.6 Å². The Morgan fingerprint density at radius 2 is 2.19 bits per heavy atom. The van der Waals surface area contributed by atoms with Gasteiger partial charge in [0.25, 0.3) is 0 Å². The molecule has 0 aliphatic heterocycles. The Labute approximate surface area is 99.6 Å². The monoisotopic (exact) mass is 220 g/mol. The van der Waals surface area contributed by atoms with Crippen LogP contribution in [0.25, 0.3) is 0 Å². The summed E-state index contributed by atoms with van der Waals surface area (Å²) in [6.07, 6.45) is 10.5. The predicted octanol–water partition coefficient (Wildman–Crippen LogP) is 4.29. The average molecular weight is 220 g/mol. The summed E-state index contributed by atoms with van der Waals surface area (Å²) in [6, 6.07) is 0. The summed E-state index contributed by atoms with van der Waals surface area (Å²) in [6.45, 7) is 8.70. The molecule has 1 unspecified atom stereocenters. The van der Waals surface area contributed by atoms with Crippen molar-refractivity contribution in [2.24, 2.45) is 11.3 Å². The van der Waals surface area contributed by atoms with E-state index in [0.717, 1.165) is 6.42 Å². The fourth-order valence-electron chi connectivity index (χ4n) is 2.34. The minimum absolute atomic E-state index is 0.150. The maximum absolute atomic E-state index is 11.3. The molecule has 16 heavy (non-hydrogen) atoms. The highest BCUT2D eigenvalue weighted by Gasteiger charge is 2.31. The van der Waals surface area contributed by atoms with Crippen LogP contribution in [0.1, 0.15) is 53.4 Å². The summed E-state index contributed by atoms with van der Waals surface area (Å²) in [7, 11) is 0. The van der Waals surface area contributed by atoms with Gasteiger partial charge in [0.15, 0.2) is 5.78 Å². The van der Waals surface area contributed by atoms with Crippen LogP contribution in [0.3, 0.4) is 0 Å². The van der Waals surface area contributed by atoms with Gasteiger partial charge in [-0.3, -0.25) is 4.79 Å².